The molecule has 6 heteroatoms. The summed E-state index contributed by atoms with van der Waals surface area (Å²) in [6, 6.07) is 5.40. The molecule has 0 aromatic heterocycles. The number of hydrogen-bond donors (Lipinski definition) is 2. The summed E-state index contributed by atoms with van der Waals surface area (Å²) < 4.78 is 28.9. The summed E-state index contributed by atoms with van der Waals surface area (Å²) in [5.41, 5.74) is 7.21. The molecule has 1 aromatic carbocycles. The van der Waals surface area contributed by atoms with Crippen LogP contribution in [0.5, 0.6) is 5.75 Å². The predicted octanol–water partition coefficient (Wildman–Crippen LogP) is 1.66. The first kappa shape index (κ1) is 14.0. The molecule has 19 heavy (non-hydrogen) atoms. The molecule has 2 rings (SSSR count). The van der Waals surface area contributed by atoms with Crippen molar-refractivity contribution in [1.29, 1.82) is 0 Å². The highest BCUT2D eigenvalue weighted by Crippen LogP contribution is 2.26. The Hall–Kier alpha value is -1.43. The van der Waals surface area contributed by atoms with Gasteiger partial charge in [0.05, 0.1) is 23.3 Å². The second kappa shape index (κ2) is 5.69. The van der Waals surface area contributed by atoms with Crippen LogP contribution >= 0.6 is 0 Å². The lowest BCUT2D eigenvalue weighted by molar-refractivity contribution is 0.342. The first-order valence-electron chi connectivity index (χ1n) is 6.50. The van der Waals surface area contributed by atoms with E-state index in [0.29, 0.717) is 30.3 Å². The van der Waals surface area contributed by atoms with Crippen molar-refractivity contribution >= 4 is 21.2 Å². The first-order chi connectivity index (χ1) is 9.03. The van der Waals surface area contributed by atoms with E-state index in [4.69, 9.17) is 10.5 Å². The number of sulfone groups is 1. The molecular formula is C13H20N2O3S. The molecule has 1 fully saturated rings. The van der Waals surface area contributed by atoms with Gasteiger partial charge in [-0.15, -0.1) is 0 Å². The molecule has 1 aliphatic heterocycles. The zero-order chi connectivity index (χ0) is 13.9. The molecule has 1 unspecified atom stereocenters. The van der Waals surface area contributed by atoms with Crippen molar-refractivity contribution in [3.8, 4) is 5.75 Å². The summed E-state index contributed by atoms with van der Waals surface area (Å²) in [4.78, 5) is 0. The highest BCUT2D eigenvalue weighted by Gasteiger charge is 2.30. The zero-order valence-electron chi connectivity index (χ0n) is 11.1. The van der Waals surface area contributed by atoms with Gasteiger partial charge in [-0.3, -0.25) is 0 Å². The Kier molecular flexibility index (Phi) is 4.19. The van der Waals surface area contributed by atoms with Crippen LogP contribution in [0.15, 0.2) is 18.2 Å². The van der Waals surface area contributed by atoms with E-state index in [-0.39, 0.29) is 5.25 Å². The molecule has 0 amide bonds. The van der Waals surface area contributed by atoms with Crippen LogP contribution in [0.3, 0.4) is 0 Å². The maximum absolute atomic E-state index is 11.7. The van der Waals surface area contributed by atoms with E-state index in [9.17, 15) is 8.42 Å². The van der Waals surface area contributed by atoms with Gasteiger partial charge in [0.25, 0.3) is 0 Å². The van der Waals surface area contributed by atoms with Crippen LogP contribution in [0.4, 0.5) is 11.4 Å². The predicted molar refractivity (Wildman–Crippen MR) is 77.3 cm³/mol. The minimum atomic E-state index is -2.90. The average molecular weight is 284 g/mol. The molecule has 0 aliphatic carbocycles. The van der Waals surface area contributed by atoms with Gasteiger partial charge in [0, 0.05) is 18.3 Å². The Balaban J connectivity index is 2.02. The normalized spacial score (nSPS) is 21.2. The molecule has 3 N–H and O–H groups in total. The van der Waals surface area contributed by atoms with E-state index in [2.05, 4.69) is 5.32 Å². The number of hydrogen-bond acceptors (Lipinski definition) is 5. The Morgan fingerprint density at radius 1 is 1.47 bits per heavy atom. The van der Waals surface area contributed by atoms with Gasteiger partial charge in [-0.05, 0) is 31.9 Å². The fraction of sp³-hybridized carbons (Fsp3) is 0.538. The summed E-state index contributed by atoms with van der Waals surface area (Å²) in [7, 11) is -2.90. The molecule has 0 radical (unpaired) electrons. The highest BCUT2D eigenvalue weighted by molar-refractivity contribution is 7.92. The van der Waals surface area contributed by atoms with Crippen molar-refractivity contribution in [3.63, 3.8) is 0 Å². The molecule has 0 bridgehead atoms. The number of nitrogens with two attached hydrogens (primary N) is 1. The number of benzene rings is 1. The molecule has 1 heterocycles. The summed E-state index contributed by atoms with van der Waals surface area (Å²) >= 11 is 0. The molecule has 1 saturated heterocycles. The average Bonchev–Trinajstić information content (AvgIpc) is 2.70. The minimum Gasteiger partial charge on any atom is -0.492 e. The van der Waals surface area contributed by atoms with Crippen LogP contribution in [-0.4, -0.2) is 32.6 Å². The Morgan fingerprint density at radius 2 is 2.26 bits per heavy atom. The van der Waals surface area contributed by atoms with E-state index in [1.807, 2.05) is 13.0 Å². The third kappa shape index (κ3) is 3.32. The van der Waals surface area contributed by atoms with E-state index in [1.165, 1.54) is 0 Å². The van der Waals surface area contributed by atoms with Crippen LogP contribution in [-0.2, 0) is 9.84 Å². The fourth-order valence-electron chi connectivity index (χ4n) is 2.24. The van der Waals surface area contributed by atoms with Crippen LogP contribution < -0.4 is 15.8 Å². The van der Waals surface area contributed by atoms with E-state index in [0.717, 1.165) is 18.5 Å². The quantitative estimate of drug-likeness (QED) is 0.804. The minimum absolute atomic E-state index is 0.277. The maximum atomic E-state index is 11.7. The van der Waals surface area contributed by atoms with Crippen LogP contribution in [0.1, 0.15) is 19.8 Å². The first-order valence-corrected chi connectivity index (χ1v) is 8.22. The number of nitrogens with one attached hydrogen (secondary N) is 1. The van der Waals surface area contributed by atoms with Gasteiger partial charge in [0.15, 0.2) is 9.84 Å². The lowest BCUT2D eigenvalue weighted by Crippen LogP contribution is -2.25. The standard InChI is InChI=1S/C13H20N2O3S/c1-2-18-13-8-10(5-6-12(13)14)15-9-11-4-3-7-19(11,16)17/h5-6,8,11,15H,2-4,7,9,14H2,1H3. The van der Waals surface area contributed by atoms with Crippen LogP contribution in [0.25, 0.3) is 0 Å². The topological polar surface area (TPSA) is 81.4 Å². The monoisotopic (exact) mass is 284 g/mol. The summed E-state index contributed by atoms with van der Waals surface area (Å²) in [5, 5.41) is 2.88. The smallest absolute Gasteiger partial charge is 0.154 e. The lowest BCUT2D eigenvalue weighted by atomic mass is 10.2. The molecule has 0 spiro atoms. The second-order valence-electron chi connectivity index (χ2n) is 4.70. The van der Waals surface area contributed by atoms with Crippen molar-refractivity contribution in [1.82, 2.24) is 0 Å². The molecule has 1 aromatic rings. The number of ether oxygens (including phenoxy) is 1. The van der Waals surface area contributed by atoms with Gasteiger partial charge in [-0.2, -0.15) is 0 Å². The van der Waals surface area contributed by atoms with E-state index < -0.39 is 9.84 Å². The van der Waals surface area contributed by atoms with Gasteiger partial charge in [-0.25, -0.2) is 8.42 Å². The van der Waals surface area contributed by atoms with Crippen LogP contribution in [0, 0.1) is 0 Å². The Labute approximate surface area is 114 Å². The van der Waals surface area contributed by atoms with Crippen molar-refractivity contribution in [2.75, 3.05) is 30.0 Å². The van der Waals surface area contributed by atoms with Crippen molar-refractivity contribution in [2.24, 2.45) is 0 Å². The van der Waals surface area contributed by atoms with Gasteiger partial charge < -0.3 is 15.8 Å². The van der Waals surface area contributed by atoms with Gasteiger partial charge in [-0.1, -0.05) is 0 Å². The second-order valence-corrected chi connectivity index (χ2v) is 7.10. The molecular weight excluding hydrogens is 264 g/mol. The summed E-state index contributed by atoms with van der Waals surface area (Å²) in [6.07, 6.45) is 1.50. The van der Waals surface area contributed by atoms with Crippen molar-refractivity contribution in [3.05, 3.63) is 18.2 Å². The number of nitrogen functional groups attached to an aromatic ring is 1. The SMILES string of the molecule is CCOc1cc(NCC2CCCS2(=O)=O)ccc1N. The molecule has 1 aliphatic rings. The number of rotatable bonds is 5. The largest absolute Gasteiger partial charge is 0.492 e. The molecule has 5 nitrogen and oxygen atoms in total. The fourth-order valence-corrected chi connectivity index (χ4v) is 4.01. The zero-order valence-corrected chi connectivity index (χ0v) is 11.9. The molecule has 106 valence electrons. The van der Waals surface area contributed by atoms with E-state index >= 15 is 0 Å². The lowest BCUT2D eigenvalue weighted by Gasteiger charge is -2.14. The third-order valence-electron chi connectivity index (χ3n) is 3.31. The molecule has 0 saturated carbocycles. The van der Waals surface area contributed by atoms with Crippen molar-refractivity contribution in [2.45, 2.75) is 25.0 Å². The Morgan fingerprint density at radius 3 is 2.89 bits per heavy atom. The third-order valence-corrected chi connectivity index (χ3v) is 5.59. The van der Waals surface area contributed by atoms with E-state index in [1.54, 1.807) is 12.1 Å². The number of anilines is 2. The Bertz CT molecular complexity index is 543. The highest BCUT2D eigenvalue weighted by atomic mass is 32.2. The molecule has 1 atom stereocenters. The van der Waals surface area contributed by atoms with Crippen molar-refractivity contribution < 1.29 is 13.2 Å². The summed E-state index contributed by atoms with van der Waals surface area (Å²) in [5.74, 6) is 0.937. The van der Waals surface area contributed by atoms with Crippen LogP contribution in [0.2, 0.25) is 0 Å². The summed E-state index contributed by atoms with van der Waals surface area (Å²) in [6.45, 7) is 2.88. The maximum Gasteiger partial charge on any atom is 0.154 e. The van der Waals surface area contributed by atoms with Gasteiger partial charge >= 0.3 is 0 Å². The van der Waals surface area contributed by atoms with Gasteiger partial charge in [0.1, 0.15) is 5.75 Å². The van der Waals surface area contributed by atoms with Gasteiger partial charge in [0.2, 0.25) is 0 Å².